The molecule has 7 nitrogen and oxygen atoms in total. The zero-order valence-corrected chi connectivity index (χ0v) is 14.6. The molecule has 0 fully saturated rings. The maximum atomic E-state index is 12.4. The number of likely N-dealkylation sites (N-methyl/N-ethyl adjacent to an activating group) is 1. The first-order valence-electron chi connectivity index (χ1n) is 8.37. The van der Waals surface area contributed by atoms with E-state index in [9.17, 15) is 9.59 Å². The molecule has 0 unspecified atom stereocenters. The second-order valence-corrected chi connectivity index (χ2v) is 5.50. The number of para-hydroxylation sites is 1. The number of H-pyrrole nitrogens is 1. The minimum Gasteiger partial charge on any atom is -0.464 e. The number of hydrogen-bond donors (Lipinski definition) is 2. The van der Waals surface area contributed by atoms with Gasteiger partial charge in [0.25, 0.3) is 0 Å². The number of nitrogens with zero attached hydrogens (tertiary/aromatic N) is 2. The highest BCUT2D eigenvalue weighted by Crippen LogP contribution is 2.12. The molecule has 2 rings (SSSR count). The van der Waals surface area contributed by atoms with Gasteiger partial charge in [-0.3, -0.25) is 4.79 Å². The Hall–Kier alpha value is -2.83. The van der Waals surface area contributed by atoms with Crippen molar-refractivity contribution >= 4 is 17.6 Å². The van der Waals surface area contributed by atoms with Crippen LogP contribution in [0.15, 0.2) is 42.9 Å². The van der Waals surface area contributed by atoms with Gasteiger partial charge in [0.15, 0.2) is 0 Å². The number of aromatic nitrogens is 2. The fraction of sp³-hybridized carbons (Fsp3) is 0.389. The van der Waals surface area contributed by atoms with Crippen LogP contribution in [0.1, 0.15) is 19.5 Å². The Balaban J connectivity index is 2.01. The number of carbonyl (C=O) groups excluding carboxylic acids is 2. The molecule has 2 aromatic rings. The third-order valence-corrected chi connectivity index (χ3v) is 3.72. The Morgan fingerprint density at radius 1 is 1.28 bits per heavy atom. The highest BCUT2D eigenvalue weighted by atomic mass is 16.5. The Labute approximate surface area is 147 Å². The Kier molecular flexibility index (Phi) is 7.00. The SMILES string of the molecule is CCOC(=O)[C@H](Cc1cnc[nH]1)NC(=O)CN(CC)c1ccccc1. The Morgan fingerprint density at radius 2 is 2.04 bits per heavy atom. The number of hydrogen-bond acceptors (Lipinski definition) is 5. The van der Waals surface area contributed by atoms with Crippen molar-refractivity contribution in [2.75, 3.05) is 24.6 Å². The summed E-state index contributed by atoms with van der Waals surface area (Å²) in [6.07, 6.45) is 3.47. The minimum atomic E-state index is -0.748. The lowest BCUT2D eigenvalue weighted by molar-refractivity contribution is -0.147. The second-order valence-electron chi connectivity index (χ2n) is 5.50. The van der Waals surface area contributed by atoms with Gasteiger partial charge >= 0.3 is 5.97 Å². The van der Waals surface area contributed by atoms with Crippen molar-refractivity contribution in [1.82, 2.24) is 15.3 Å². The fourth-order valence-electron chi connectivity index (χ4n) is 2.49. The molecule has 1 heterocycles. The van der Waals surface area contributed by atoms with Crippen molar-refractivity contribution < 1.29 is 14.3 Å². The number of carbonyl (C=O) groups is 2. The number of ether oxygens (including phenoxy) is 1. The number of benzene rings is 1. The summed E-state index contributed by atoms with van der Waals surface area (Å²) in [5.74, 6) is -0.684. The lowest BCUT2D eigenvalue weighted by atomic mass is 10.1. The fourth-order valence-corrected chi connectivity index (χ4v) is 2.49. The van der Waals surface area contributed by atoms with Crippen molar-refractivity contribution in [1.29, 1.82) is 0 Å². The first-order valence-corrected chi connectivity index (χ1v) is 8.37. The van der Waals surface area contributed by atoms with Crippen LogP contribution in [0.3, 0.4) is 0 Å². The van der Waals surface area contributed by atoms with E-state index in [2.05, 4.69) is 15.3 Å². The lowest BCUT2D eigenvalue weighted by Crippen LogP contribution is -2.47. The maximum Gasteiger partial charge on any atom is 0.329 e. The van der Waals surface area contributed by atoms with E-state index in [1.54, 1.807) is 13.1 Å². The van der Waals surface area contributed by atoms with Crippen molar-refractivity contribution in [2.24, 2.45) is 0 Å². The summed E-state index contributed by atoms with van der Waals surface area (Å²) in [4.78, 5) is 33.4. The van der Waals surface area contributed by atoms with Crippen LogP contribution in [-0.4, -0.2) is 47.6 Å². The van der Waals surface area contributed by atoms with Gasteiger partial charge in [0, 0.05) is 30.5 Å². The van der Waals surface area contributed by atoms with Crippen LogP contribution in [0.5, 0.6) is 0 Å². The second kappa shape index (κ2) is 9.46. The van der Waals surface area contributed by atoms with Gasteiger partial charge in [-0.1, -0.05) is 18.2 Å². The van der Waals surface area contributed by atoms with E-state index in [-0.39, 0.29) is 19.1 Å². The quantitative estimate of drug-likeness (QED) is 0.674. The maximum absolute atomic E-state index is 12.4. The number of amides is 1. The Morgan fingerprint density at radius 3 is 2.64 bits per heavy atom. The average molecular weight is 344 g/mol. The summed E-state index contributed by atoms with van der Waals surface area (Å²) >= 11 is 0. The molecule has 0 bridgehead atoms. The van der Waals surface area contributed by atoms with E-state index in [0.717, 1.165) is 11.4 Å². The van der Waals surface area contributed by atoms with Crippen LogP contribution in [0.25, 0.3) is 0 Å². The topological polar surface area (TPSA) is 87.3 Å². The lowest BCUT2D eigenvalue weighted by Gasteiger charge is -2.24. The monoisotopic (exact) mass is 344 g/mol. The van der Waals surface area contributed by atoms with Gasteiger partial charge in [-0.15, -0.1) is 0 Å². The standard InChI is InChI=1S/C18H24N4O3/c1-3-22(15-8-6-5-7-9-15)12-17(23)21-16(18(24)25-4-2)10-14-11-19-13-20-14/h5-9,11,13,16H,3-4,10,12H2,1-2H3,(H,19,20)(H,21,23)/t16-/m0/s1. The molecule has 7 heteroatoms. The van der Waals surface area contributed by atoms with Crippen molar-refractivity contribution in [3.8, 4) is 0 Å². The van der Waals surface area contributed by atoms with Crippen molar-refractivity contribution in [3.63, 3.8) is 0 Å². The summed E-state index contributed by atoms with van der Waals surface area (Å²) in [7, 11) is 0. The van der Waals surface area contributed by atoms with Gasteiger partial charge in [0.2, 0.25) is 5.91 Å². The molecule has 1 amide bonds. The zero-order chi connectivity index (χ0) is 18.1. The number of rotatable bonds is 9. The van der Waals surface area contributed by atoms with Crippen LogP contribution in [-0.2, 0) is 20.7 Å². The summed E-state index contributed by atoms with van der Waals surface area (Å²) in [6, 6.07) is 8.93. The van der Waals surface area contributed by atoms with Crippen molar-refractivity contribution in [2.45, 2.75) is 26.3 Å². The van der Waals surface area contributed by atoms with Crippen LogP contribution < -0.4 is 10.2 Å². The van der Waals surface area contributed by atoms with Crippen LogP contribution in [0, 0.1) is 0 Å². The molecule has 25 heavy (non-hydrogen) atoms. The smallest absolute Gasteiger partial charge is 0.329 e. The summed E-state index contributed by atoms with van der Waals surface area (Å²) < 4.78 is 5.07. The normalized spacial score (nSPS) is 11.6. The highest BCUT2D eigenvalue weighted by molar-refractivity contribution is 5.87. The van der Waals surface area contributed by atoms with Gasteiger partial charge < -0.3 is 19.9 Å². The molecule has 0 aliphatic carbocycles. The van der Waals surface area contributed by atoms with Gasteiger partial charge in [-0.05, 0) is 26.0 Å². The molecule has 0 aliphatic heterocycles. The van der Waals surface area contributed by atoms with Crippen molar-refractivity contribution in [3.05, 3.63) is 48.5 Å². The zero-order valence-electron chi connectivity index (χ0n) is 14.6. The number of aromatic amines is 1. The van der Waals surface area contributed by atoms with E-state index in [4.69, 9.17) is 4.74 Å². The number of esters is 1. The molecule has 0 saturated carbocycles. The molecular formula is C18H24N4O3. The number of imidazole rings is 1. The highest BCUT2D eigenvalue weighted by Gasteiger charge is 2.24. The molecule has 1 aromatic heterocycles. The van der Waals surface area contributed by atoms with Gasteiger partial charge in [-0.25, -0.2) is 9.78 Å². The van der Waals surface area contributed by atoms with E-state index < -0.39 is 12.0 Å². The average Bonchev–Trinajstić information content (AvgIpc) is 3.13. The summed E-state index contributed by atoms with van der Waals surface area (Å²) in [5, 5.41) is 2.77. The van der Waals surface area contributed by atoms with Gasteiger partial charge in [0.1, 0.15) is 6.04 Å². The third-order valence-electron chi connectivity index (χ3n) is 3.72. The van der Waals surface area contributed by atoms with Crippen LogP contribution in [0.4, 0.5) is 5.69 Å². The summed E-state index contributed by atoms with van der Waals surface area (Å²) in [5.41, 5.74) is 1.72. The number of nitrogens with one attached hydrogen (secondary N) is 2. The predicted molar refractivity (Wildman–Crippen MR) is 95.2 cm³/mol. The van der Waals surface area contributed by atoms with E-state index in [1.165, 1.54) is 6.33 Å². The summed E-state index contributed by atoms with van der Waals surface area (Å²) in [6.45, 7) is 4.83. The molecule has 2 N–H and O–H groups in total. The predicted octanol–water partition coefficient (Wildman–Crippen LogP) is 1.53. The Bertz CT molecular complexity index is 658. The molecular weight excluding hydrogens is 320 g/mol. The molecule has 1 atom stereocenters. The van der Waals surface area contributed by atoms with Crippen LogP contribution >= 0.6 is 0 Å². The molecule has 0 radical (unpaired) electrons. The largest absolute Gasteiger partial charge is 0.464 e. The van der Waals surface area contributed by atoms with E-state index in [1.807, 2.05) is 42.2 Å². The van der Waals surface area contributed by atoms with E-state index in [0.29, 0.717) is 13.0 Å². The molecule has 0 spiro atoms. The third kappa shape index (κ3) is 5.63. The molecule has 134 valence electrons. The molecule has 0 saturated heterocycles. The molecule has 1 aromatic carbocycles. The molecule has 0 aliphatic rings. The number of anilines is 1. The first-order chi connectivity index (χ1) is 12.1. The minimum absolute atomic E-state index is 0.166. The first kappa shape index (κ1) is 18.5. The van der Waals surface area contributed by atoms with E-state index >= 15 is 0 Å². The van der Waals surface area contributed by atoms with Gasteiger partial charge in [0.05, 0.1) is 19.5 Å². The van der Waals surface area contributed by atoms with Gasteiger partial charge in [-0.2, -0.15) is 0 Å². The van der Waals surface area contributed by atoms with Crippen LogP contribution in [0.2, 0.25) is 0 Å².